The van der Waals surface area contributed by atoms with Gasteiger partial charge >= 0.3 is 82.8 Å². The SMILES string of the molecule is CCCCC(C(=O)c1ccc(C(F)(F)C(F)(F)C(F)(F)C(F)(F)c2ccc(C(=O)C(CCCC)S(=O)(=O)[O-])cc2)cc1)S(=O)(=O)[O-].[Na+].[Na+]. The second kappa shape index (κ2) is 17.5. The van der Waals surface area contributed by atoms with Crippen LogP contribution < -0.4 is 59.1 Å². The Morgan fingerprint density at radius 3 is 1.04 bits per heavy atom. The van der Waals surface area contributed by atoms with E-state index in [1.165, 1.54) is 0 Å². The summed E-state index contributed by atoms with van der Waals surface area (Å²) in [7, 11) is -10.5. The third kappa shape index (κ3) is 9.88. The zero-order valence-electron chi connectivity index (χ0n) is 26.1. The number of carbonyl (C=O) groups is 2. The smallest absolute Gasteiger partial charge is 0.747 e. The first-order chi connectivity index (χ1) is 20.9. The van der Waals surface area contributed by atoms with Gasteiger partial charge < -0.3 is 9.11 Å². The van der Waals surface area contributed by atoms with Crippen LogP contribution in [0.25, 0.3) is 0 Å². The summed E-state index contributed by atoms with van der Waals surface area (Å²) in [5, 5.41) is -4.31. The van der Waals surface area contributed by atoms with E-state index in [1.807, 2.05) is 0 Å². The summed E-state index contributed by atoms with van der Waals surface area (Å²) in [4.78, 5) is 25.0. The van der Waals surface area contributed by atoms with Crippen molar-refractivity contribution < 1.29 is 130 Å². The average Bonchev–Trinajstić information content (AvgIpc) is 2.95. The standard InChI is InChI=1S/C28H30F8O8S2.2Na/c1-3-5-7-21(45(39,40)41)23(37)17-9-13-19(14-10-17)25(29,30)27(33,34)28(35,36)26(31,32)20-15-11-18(12-16-20)24(38)22(8-6-4-2)46(42,43)44;;/h9-16,21-22H,3-8H2,1-2H3,(H,39,40,41)(H,42,43,44);;/q;2*+1/p-2. The number of hydrogen-bond acceptors (Lipinski definition) is 8. The van der Waals surface area contributed by atoms with Crippen molar-refractivity contribution in [2.45, 2.75) is 86.6 Å². The summed E-state index contributed by atoms with van der Waals surface area (Å²) >= 11 is 0. The van der Waals surface area contributed by atoms with E-state index in [0.717, 1.165) is 0 Å². The van der Waals surface area contributed by atoms with Crippen molar-refractivity contribution in [1.82, 2.24) is 0 Å². The van der Waals surface area contributed by atoms with Gasteiger partial charge in [-0.3, -0.25) is 9.59 Å². The molecule has 0 radical (unpaired) electrons. The second-order valence-corrected chi connectivity index (χ2v) is 13.5. The van der Waals surface area contributed by atoms with Crippen LogP contribution in [0.4, 0.5) is 35.1 Å². The molecule has 0 aliphatic heterocycles. The van der Waals surface area contributed by atoms with Gasteiger partial charge in [-0.2, -0.15) is 35.1 Å². The Morgan fingerprint density at radius 2 is 0.833 bits per heavy atom. The van der Waals surface area contributed by atoms with E-state index in [2.05, 4.69) is 0 Å². The van der Waals surface area contributed by atoms with Gasteiger partial charge in [0.2, 0.25) is 0 Å². The molecule has 2 unspecified atom stereocenters. The molecule has 0 aromatic heterocycles. The summed E-state index contributed by atoms with van der Waals surface area (Å²) < 4.78 is 187. The molecule has 258 valence electrons. The van der Waals surface area contributed by atoms with E-state index < -0.39 is 101 Å². The van der Waals surface area contributed by atoms with Crippen molar-refractivity contribution in [2.24, 2.45) is 0 Å². The Bertz CT molecular complexity index is 1500. The molecule has 0 saturated carbocycles. The maximum Gasteiger partial charge on any atom is 1.00 e. The van der Waals surface area contributed by atoms with Crippen LogP contribution in [0.3, 0.4) is 0 Å². The number of hydrogen-bond donors (Lipinski definition) is 0. The molecule has 2 atom stereocenters. The normalized spacial score (nSPS) is 14.3. The Morgan fingerprint density at radius 1 is 0.583 bits per heavy atom. The number of rotatable bonds is 17. The van der Waals surface area contributed by atoms with Gasteiger partial charge in [0, 0.05) is 22.3 Å². The first-order valence-electron chi connectivity index (χ1n) is 13.6. The monoisotopic (exact) mass is 754 g/mol. The fourth-order valence-corrected chi connectivity index (χ4v) is 6.12. The number of halogens is 8. The Hall–Kier alpha value is -0.960. The molecule has 2 aromatic carbocycles. The largest absolute Gasteiger partial charge is 1.00 e. The Labute approximate surface area is 316 Å². The molecule has 0 aliphatic rings. The first-order valence-corrected chi connectivity index (χ1v) is 16.5. The van der Waals surface area contributed by atoms with Gasteiger partial charge in [-0.1, -0.05) is 88.1 Å². The summed E-state index contributed by atoms with van der Waals surface area (Å²) in [6, 6.07) is 1.49. The molecular formula is C28H28F8Na2O8S2. The number of carbonyl (C=O) groups excluding carboxylic acids is 2. The minimum absolute atomic E-state index is 0. The van der Waals surface area contributed by atoms with E-state index in [9.17, 15) is 70.7 Å². The Kier molecular flexibility index (Phi) is 17.2. The third-order valence-corrected chi connectivity index (χ3v) is 9.46. The number of ketones is 2. The maximum absolute atomic E-state index is 14.9. The number of unbranched alkanes of at least 4 members (excludes halogenated alkanes) is 2. The molecule has 2 rings (SSSR count). The maximum atomic E-state index is 14.9. The molecule has 0 spiro atoms. The molecular weight excluding hydrogens is 726 g/mol. The summed E-state index contributed by atoms with van der Waals surface area (Å²) in [5.74, 6) is -28.5. The third-order valence-electron chi connectivity index (χ3n) is 7.17. The molecule has 0 saturated heterocycles. The molecule has 0 heterocycles. The van der Waals surface area contributed by atoms with Crippen LogP contribution in [-0.2, 0) is 32.1 Å². The van der Waals surface area contributed by atoms with E-state index in [4.69, 9.17) is 0 Å². The molecule has 0 fully saturated rings. The average molecular weight is 755 g/mol. The second-order valence-electron chi connectivity index (χ2n) is 10.4. The fraction of sp³-hybridized carbons (Fsp3) is 0.500. The van der Waals surface area contributed by atoms with Crippen LogP contribution in [0.2, 0.25) is 0 Å². The zero-order valence-corrected chi connectivity index (χ0v) is 31.8. The van der Waals surface area contributed by atoms with Gasteiger partial charge in [0.15, 0.2) is 11.6 Å². The Balaban J connectivity index is 0.0000110. The fourth-order valence-electron chi connectivity index (χ4n) is 4.41. The van der Waals surface area contributed by atoms with Gasteiger partial charge in [-0.25, -0.2) is 16.8 Å². The van der Waals surface area contributed by atoms with Crippen LogP contribution in [0.5, 0.6) is 0 Å². The molecule has 2 aromatic rings. The van der Waals surface area contributed by atoms with E-state index >= 15 is 0 Å². The molecule has 0 aliphatic carbocycles. The van der Waals surface area contributed by atoms with Crippen molar-refractivity contribution >= 4 is 31.8 Å². The summed E-state index contributed by atoms with van der Waals surface area (Å²) in [6.07, 6.45) is -0.0262. The van der Waals surface area contributed by atoms with Crippen molar-refractivity contribution in [2.75, 3.05) is 0 Å². The van der Waals surface area contributed by atoms with Gasteiger partial charge in [0.25, 0.3) is 0 Å². The molecule has 48 heavy (non-hydrogen) atoms. The summed E-state index contributed by atoms with van der Waals surface area (Å²) in [6.45, 7) is 3.20. The molecule has 0 bridgehead atoms. The van der Waals surface area contributed by atoms with Crippen molar-refractivity contribution in [3.05, 3.63) is 70.8 Å². The van der Waals surface area contributed by atoms with Gasteiger partial charge in [-0.15, -0.1) is 0 Å². The van der Waals surface area contributed by atoms with Gasteiger partial charge in [0.05, 0.1) is 0 Å². The van der Waals surface area contributed by atoms with Crippen LogP contribution in [0, 0.1) is 0 Å². The van der Waals surface area contributed by atoms with E-state index in [0.29, 0.717) is 37.1 Å². The quantitative estimate of drug-likeness (QED) is 0.0978. The van der Waals surface area contributed by atoms with Crippen LogP contribution in [0.1, 0.15) is 84.2 Å². The van der Waals surface area contributed by atoms with E-state index in [1.54, 1.807) is 13.8 Å². The predicted octanol–water partition coefficient (Wildman–Crippen LogP) is 0.422. The minimum Gasteiger partial charge on any atom is -0.747 e. The number of benzene rings is 2. The van der Waals surface area contributed by atoms with Crippen LogP contribution >= 0.6 is 0 Å². The molecule has 8 nitrogen and oxygen atoms in total. The number of Topliss-reactive ketones (excluding diaryl/α,β-unsaturated/α-hetero) is 2. The molecule has 0 N–H and O–H groups in total. The van der Waals surface area contributed by atoms with Crippen molar-refractivity contribution in [3.8, 4) is 0 Å². The topological polar surface area (TPSA) is 149 Å². The van der Waals surface area contributed by atoms with Crippen molar-refractivity contribution in [1.29, 1.82) is 0 Å². The van der Waals surface area contributed by atoms with Crippen molar-refractivity contribution in [3.63, 3.8) is 0 Å². The molecule has 20 heteroatoms. The predicted molar refractivity (Wildman–Crippen MR) is 145 cm³/mol. The minimum atomic E-state index is -6.83. The molecule has 0 amide bonds. The van der Waals surface area contributed by atoms with Crippen LogP contribution in [-0.4, -0.2) is 59.9 Å². The first kappa shape index (κ1) is 47.0. The summed E-state index contributed by atoms with van der Waals surface area (Å²) in [5.41, 5.74) is -5.37. The van der Waals surface area contributed by atoms with Crippen LogP contribution in [0.15, 0.2) is 48.5 Å². The van der Waals surface area contributed by atoms with Gasteiger partial charge in [-0.05, 0) is 12.8 Å². The van der Waals surface area contributed by atoms with E-state index in [-0.39, 0.29) is 96.2 Å². The zero-order chi connectivity index (χ0) is 35.5. The van der Waals surface area contributed by atoms with Gasteiger partial charge in [0.1, 0.15) is 30.7 Å². The number of alkyl halides is 8.